The Hall–Kier alpha value is -0.460. The zero-order valence-corrected chi connectivity index (χ0v) is 12.3. The Morgan fingerprint density at radius 1 is 1.39 bits per heavy atom. The summed E-state index contributed by atoms with van der Waals surface area (Å²) in [6.07, 6.45) is 1.54. The van der Waals surface area contributed by atoms with Crippen LogP contribution in [0.25, 0.3) is 0 Å². The molecule has 106 valence electrons. The van der Waals surface area contributed by atoms with Gasteiger partial charge in [0.2, 0.25) is 0 Å². The van der Waals surface area contributed by atoms with Gasteiger partial charge in [-0.3, -0.25) is 0 Å². The van der Waals surface area contributed by atoms with Crippen LogP contribution in [-0.4, -0.2) is 54.3 Å². The highest BCUT2D eigenvalue weighted by molar-refractivity contribution is 7.93. The summed E-state index contributed by atoms with van der Waals surface area (Å²) in [4.78, 5) is 13.6. The Morgan fingerprint density at radius 2 is 2.00 bits per heavy atom. The van der Waals surface area contributed by atoms with Crippen LogP contribution in [0, 0.1) is 11.8 Å². The van der Waals surface area contributed by atoms with Crippen LogP contribution < -0.4 is 0 Å². The molecule has 0 saturated carbocycles. The average molecular weight is 277 g/mol. The van der Waals surface area contributed by atoms with Gasteiger partial charge in [-0.05, 0) is 32.8 Å². The molecule has 1 aliphatic rings. The number of hydrogen-bond donors (Lipinski definition) is 1. The minimum Gasteiger partial charge on any atom is -0.444 e. The Labute approximate surface area is 113 Å². The molecule has 6 heteroatoms. The first kappa shape index (κ1) is 15.6. The second-order valence-electron chi connectivity index (χ2n) is 5.54. The largest absolute Gasteiger partial charge is 0.444 e. The van der Waals surface area contributed by atoms with E-state index >= 15 is 0 Å². The van der Waals surface area contributed by atoms with Crippen LogP contribution in [-0.2, 0) is 8.92 Å². The van der Waals surface area contributed by atoms with Crippen LogP contribution in [0.1, 0.15) is 20.8 Å². The molecule has 0 aromatic carbocycles. The molecule has 0 aliphatic carbocycles. The van der Waals surface area contributed by atoms with Gasteiger partial charge < -0.3 is 18.9 Å². The maximum absolute atomic E-state index is 11.9. The van der Waals surface area contributed by atoms with E-state index in [9.17, 15) is 9.90 Å². The van der Waals surface area contributed by atoms with E-state index in [1.807, 2.05) is 27.0 Å². The molecular weight excluding hydrogens is 254 g/mol. The summed E-state index contributed by atoms with van der Waals surface area (Å²) in [6, 6.07) is 0. The van der Waals surface area contributed by atoms with Gasteiger partial charge in [-0.2, -0.15) is 0 Å². The van der Waals surface area contributed by atoms with Crippen molar-refractivity contribution in [3.8, 4) is 0 Å². The standard InChI is InChI=1S/C12H23NO4S/c1-12(2,3)17-11(15)13-5-9(7-14)10(6-13)8-16-18-4/h9-10,14H,5-8H2,1-4H3. The van der Waals surface area contributed by atoms with Gasteiger partial charge >= 0.3 is 6.09 Å². The van der Waals surface area contributed by atoms with Crippen LogP contribution in [0.2, 0.25) is 0 Å². The van der Waals surface area contributed by atoms with Crippen LogP contribution in [0.3, 0.4) is 0 Å². The first-order valence-electron chi connectivity index (χ1n) is 6.11. The zero-order valence-electron chi connectivity index (χ0n) is 11.5. The molecule has 2 unspecified atom stereocenters. The maximum Gasteiger partial charge on any atom is 0.410 e. The van der Waals surface area contributed by atoms with E-state index in [0.29, 0.717) is 19.7 Å². The lowest BCUT2D eigenvalue weighted by atomic mass is 9.98. The molecule has 1 saturated heterocycles. The summed E-state index contributed by atoms with van der Waals surface area (Å²) in [5, 5.41) is 9.33. The molecular formula is C12H23NO4S. The molecule has 1 N–H and O–H groups in total. The van der Waals surface area contributed by atoms with Gasteiger partial charge in [0.1, 0.15) is 5.60 Å². The van der Waals surface area contributed by atoms with E-state index in [1.54, 1.807) is 4.90 Å². The van der Waals surface area contributed by atoms with Crippen molar-refractivity contribution in [1.82, 2.24) is 4.90 Å². The third-order valence-electron chi connectivity index (χ3n) is 2.86. The molecule has 0 aromatic heterocycles. The van der Waals surface area contributed by atoms with Crippen molar-refractivity contribution in [3.63, 3.8) is 0 Å². The predicted molar refractivity (Wildman–Crippen MR) is 71.3 cm³/mol. The molecule has 1 heterocycles. The molecule has 1 rings (SSSR count). The summed E-state index contributed by atoms with van der Waals surface area (Å²) in [7, 11) is 0. The van der Waals surface area contributed by atoms with Gasteiger partial charge in [0, 0.05) is 37.8 Å². The number of carbonyl (C=O) groups excluding carboxylic acids is 1. The Kier molecular flexibility index (Phi) is 5.75. The quantitative estimate of drug-likeness (QED) is 0.793. The number of hydrogen-bond acceptors (Lipinski definition) is 5. The highest BCUT2D eigenvalue weighted by Crippen LogP contribution is 2.26. The van der Waals surface area contributed by atoms with Crippen LogP contribution in [0.15, 0.2) is 0 Å². The van der Waals surface area contributed by atoms with E-state index in [4.69, 9.17) is 8.92 Å². The molecule has 18 heavy (non-hydrogen) atoms. The minimum absolute atomic E-state index is 0.0711. The second-order valence-corrected chi connectivity index (χ2v) is 6.11. The van der Waals surface area contributed by atoms with Gasteiger partial charge in [-0.25, -0.2) is 4.79 Å². The predicted octanol–water partition coefficient (Wildman–Crippen LogP) is 1.76. The fourth-order valence-corrected chi connectivity index (χ4v) is 2.28. The average Bonchev–Trinajstić information content (AvgIpc) is 2.67. The van der Waals surface area contributed by atoms with Crippen LogP contribution >= 0.6 is 12.0 Å². The lowest BCUT2D eigenvalue weighted by Crippen LogP contribution is -2.35. The summed E-state index contributed by atoms with van der Waals surface area (Å²) in [5.41, 5.74) is -0.486. The number of amides is 1. The van der Waals surface area contributed by atoms with Crippen molar-refractivity contribution in [2.45, 2.75) is 26.4 Å². The number of carbonyl (C=O) groups is 1. The Morgan fingerprint density at radius 3 is 2.50 bits per heavy atom. The number of aliphatic hydroxyl groups is 1. The fraction of sp³-hybridized carbons (Fsp3) is 0.917. The molecule has 0 aromatic rings. The topological polar surface area (TPSA) is 59.0 Å². The fourth-order valence-electron chi connectivity index (χ4n) is 1.97. The van der Waals surface area contributed by atoms with Crippen molar-refractivity contribution in [1.29, 1.82) is 0 Å². The van der Waals surface area contributed by atoms with Gasteiger partial charge in [0.05, 0.1) is 6.61 Å². The molecule has 0 bridgehead atoms. The molecule has 5 nitrogen and oxygen atoms in total. The van der Waals surface area contributed by atoms with Gasteiger partial charge in [0.15, 0.2) is 0 Å². The smallest absolute Gasteiger partial charge is 0.410 e. The zero-order chi connectivity index (χ0) is 13.8. The number of likely N-dealkylation sites (tertiary alicyclic amines) is 1. The highest BCUT2D eigenvalue weighted by Gasteiger charge is 2.36. The highest BCUT2D eigenvalue weighted by atomic mass is 32.2. The molecule has 1 fully saturated rings. The molecule has 2 atom stereocenters. The van der Waals surface area contributed by atoms with Crippen LogP contribution in [0.4, 0.5) is 4.79 Å². The molecule has 0 spiro atoms. The van der Waals surface area contributed by atoms with Crippen molar-refractivity contribution >= 4 is 18.1 Å². The van der Waals surface area contributed by atoms with E-state index in [1.165, 1.54) is 12.0 Å². The van der Waals surface area contributed by atoms with E-state index in [0.717, 1.165) is 0 Å². The summed E-state index contributed by atoms with van der Waals surface area (Å²) in [6.45, 7) is 7.28. The minimum atomic E-state index is -0.486. The summed E-state index contributed by atoms with van der Waals surface area (Å²) >= 11 is 1.30. The van der Waals surface area contributed by atoms with E-state index in [-0.39, 0.29) is 24.5 Å². The van der Waals surface area contributed by atoms with Gasteiger partial charge in [-0.1, -0.05) is 0 Å². The van der Waals surface area contributed by atoms with Crippen molar-refractivity contribution in [2.24, 2.45) is 11.8 Å². The summed E-state index contributed by atoms with van der Waals surface area (Å²) in [5.74, 6) is 0.250. The molecule has 1 amide bonds. The SMILES string of the molecule is CSOCC1CN(C(=O)OC(C)(C)C)CC1CO. The monoisotopic (exact) mass is 277 g/mol. The first-order chi connectivity index (χ1) is 8.37. The third-order valence-corrected chi connectivity index (χ3v) is 3.23. The van der Waals surface area contributed by atoms with Crippen molar-refractivity contribution in [3.05, 3.63) is 0 Å². The van der Waals surface area contributed by atoms with Gasteiger partial charge in [0.25, 0.3) is 0 Å². The van der Waals surface area contributed by atoms with E-state index < -0.39 is 5.60 Å². The number of nitrogens with zero attached hydrogens (tertiary/aromatic N) is 1. The first-order valence-corrected chi connectivity index (χ1v) is 7.26. The van der Waals surface area contributed by atoms with Crippen LogP contribution in [0.5, 0.6) is 0 Å². The lowest BCUT2D eigenvalue weighted by Gasteiger charge is -2.24. The van der Waals surface area contributed by atoms with Crippen molar-refractivity contribution < 1.29 is 18.8 Å². The Balaban J connectivity index is 2.52. The number of aliphatic hydroxyl groups excluding tert-OH is 1. The van der Waals surface area contributed by atoms with Crippen molar-refractivity contribution in [2.75, 3.05) is 32.6 Å². The summed E-state index contributed by atoms with van der Waals surface area (Å²) < 4.78 is 10.6. The normalized spacial score (nSPS) is 24.4. The Bertz CT molecular complexity index is 280. The number of ether oxygens (including phenoxy) is 1. The maximum atomic E-state index is 11.9. The number of rotatable bonds is 4. The second kappa shape index (κ2) is 6.63. The lowest BCUT2D eigenvalue weighted by molar-refractivity contribution is 0.0280. The molecule has 1 aliphatic heterocycles. The molecule has 0 radical (unpaired) electrons. The van der Waals surface area contributed by atoms with Gasteiger partial charge in [-0.15, -0.1) is 0 Å². The third kappa shape index (κ3) is 4.66. The van der Waals surface area contributed by atoms with E-state index in [2.05, 4.69) is 0 Å².